The number of nitrogens with one attached hydrogen (secondary N) is 2. The molecular weight excluding hydrogens is 582 g/mol. The van der Waals surface area contributed by atoms with Crippen LogP contribution in [0.5, 0.6) is 0 Å². The number of sulfonamides is 1. The summed E-state index contributed by atoms with van der Waals surface area (Å²) >= 11 is 9.43. The first kappa shape index (κ1) is 26.4. The third-order valence-corrected chi connectivity index (χ3v) is 8.19. The molecule has 0 unspecified atom stereocenters. The van der Waals surface area contributed by atoms with Gasteiger partial charge >= 0.3 is 0 Å². The number of anilines is 2. The zero-order valence-electron chi connectivity index (χ0n) is 21.4. The molecule has 3 heterocycles. The number of hydrogen-bond donors (Lipinski definition) is 2. The minimum Gasteiger partial charge on any atom is -0.351 e. The first-order valence-electron chi connectivity index (χ1n) is 12.1. The molecule has 1 aliphatic heterocycles. The molecule has 196 valence electrons. The van der Waals surface area contributed by atoms with Crippen molar-refractivity contribution >= 4 is 54.7 Å². The number of aryl methyl sites for hydroxylation is 2. The number of thiocarbonyl (C=S) groups is 1. The second kappa shape index (κ2) is 10.2. The third kappa shape index (κ3) is 5.08. The van der Waals surface area contributed by atoms with E-state index in [2.05, 4.69) is 72.5 Å². The number of pyridine rings is 1. The zero-order chi connectivity index (χ0) is 27.2. The van der Waals surface area contributed by atoms with Crippen molar-refractivity contribution in [2.75, 3.05) is 15.9 Å². The normalized spacial score (nSPS) is 17.5. The minimum atomic E-state index is -3.39. The van der Waals surface area contributed by atoms with Gasteiger partial charge in [-0.05, 0) is 105 Å². The molecule has 10 heteroatoms. The van der Waals surface area contributed by atoms with Crippen LogP contribution in [-0.4, -0.2) is 29.3 Å². The summed E-state index contributed by atoms with van der Waals surface area (Å²) in [5.74, 6) is 0. The SMILES string of the molecule is Cc1cc(N2C(=S)N[C@H](c3ccccn3)[C@@H]2c2cc(C)n(-c3ccc(Br)cc3)c2C)ccc1NS(C)(=O)=O. The molecule has 2 atom stereocenters. The van der Waals surface area contributed by atoms with E-state index in [1.807, 2.05) is 49.4 Å². The van der Waals surface area contributed by atoms with Crippen LogP contribution in [0.15, 0.2) is 77.4 Å². The molecule has 0 radical (unpaired) electrons. The number of hydrogen-bond acceptors (Lipinski definition) is 4. The van der Waals surface area contributed by atoms with Gasteiger partial charge in [-0.15, -0.1) is 0 Å². The van der Waals surface area contributed by atoms with E-state index < -0.39 is 10.0 Å². The molecule has 2 aromatic heterocycles. The fourth-order valence-electron chi connectivity index (χ4n) is 5.14. The average Bonchev–Trinajstić information content (AvgIpc) is 3.36. The summed E-state index contributed by atoms with van der Waals surface area (Å²) < 4.78 is 29.5. The molecule has 2 aromatic carbocycles. The molecule has 0 bridgehead atoms. The van der Waals surface area contributed by atoms with Gasteiger partial charge in [0.25, 0.3) is 0 Å². The maximum Gasteiger partial charge on any atom is 0.229 e. The van der Waals surface area contributed by atoms with Gasteiger partial charge in [0.1, 0.15) is 0 Å². The Labute approximate surface area is 237 Å². The predicted octanol–water partition coefficient (Wildman–Crippen LogP) is 6.11. The lowest BCUT2D eigenvalue weighted by Gasteiger charge is -2.29. The number of nitrogens with zero attached hydrogens (tertiary/aromatic N) is 3. The van der Waals surface area contributed by atoms with Crippen molar-refractivity contribution in [2.24, 2.45) is 0 Å². The first-order chi connectivity index (χ1) is 18.0. The Balaban J connectivity index is 1.65. The van der Waals surface area contributed by atoms with E-state index in [9.17, 15) is 8.42 Å². The lowest BCUT2D eigenvalue weighted by molar-refractivity contribution is 0.565. The molecule has 0 saturated carbocycles. The van der Waals surface area contributed by atoms with Gasteiger partial charge in [0.2, 0.25) is 10.0 Å². The van der Waals surface area contributed by atoms with Crippen molar-refractivity contribution in [3.05, 3.63) is 106 Å². The van der Waals surface area contributed by atoms with Crippen LogP contribution in [0.1, 0.15) is 40.3 Å². The molecule has 7 nitrogen and oxygen atoms in total. The summed E-state index contributed by atoms with van der Waals surface area (Å²) in [6.45, 7) is 6.12. The fourth-order valence-corrected chi connectivity index (χ4v) is 6.37. The van der Waals surface area contributed by atoms with Gasteiger partial charge in [-0.2, -0.15) is 0 Å². The highest BCUT2D eigenvalue weighted by Crippen LogP contribution is 2.44. The van der Waals surface area contributed by atoms with Crippen molar-refractivity contribution in [1.29, 1.82) is 0 Å². The molecule has 0 aliphatic carbocycles. The van der Waals surface area contributed by atoms with Gasteiger partial charge in [-0.25, -0.2) is 8.42 Å². The number of rotatable bonds is 6. The van der Waals surface area contributed by atoms with Gasteiger partial charge in [-0.1, -0.05) is 22.0 Å². The van der Waals surface area contributed by atoms with Crippen molar-refractivity contribution in [3.63, 3.8) is 0 Å². The van der Waals surface area contributed by atoms with Crippen LogP contribution in [-0.2, 0) is 10.0 Å². The summed E-state index contributed by atoms with van der Waals surface area (Å²) in [7, 11) is -3.39. The molecular formula is C28H28BrN5O2S2. The first-order valence-corrected chi connectivity index (χ1v) is 15.2. The molecule has 1 aliphatic rings. The van der Waals surface area contributed by atoms with E-state index in [-0.39, 0.29) is 12.1 Å². The largest absolute Gasteiger partial charge is 0.351 e. The Morgan fingerprint density at radius 3 is 2.34 bits per heavy atom. The van der Waals surface area contributed by atoms with Crippen LogP contribution < -0.4 is 14.9 Å². The third-order valence-electron chi connectivity index (χ3n) is 6.76. The smallest absolute Gasteiger partial charge is 0.229 e. The second-order valence-electron chi connectivity index (χ2n) is 9.51. The summed E-state index contributed by atoms with van der Waals surface area (Å²) in [6.07, 6.45) is 2.94. The van der Waals surface area contributed by atoms with Crippen LogP contribution >= 0.6 is 28.1 Å². The Bertz CT molecular complexity index is 1620. The Hall–Kier alpha value is -3.21. The highest BCUT2D eigenvalue weighted by Gasteiger charge is 2.42. The average molecular weight is 611 g/mol. The lowest BCUT2D eigenvalue weighted by atomic mass is 9.96. The van der Waals surface area contributed by atoms with Crippen molar-refractivity contribution in [1.82, 2.24) is 14.9 Å². The molecule has 1 fully saturated rings. The van der Waals surface area contributed by atoms with Crippen molar-refractivity contribution in [3.8, 4) is 5.69 Å². The molecule has 38 heavy (non-hydrogen) atoms. The molecule has 0 amide bonds. The van der Waals surface area contributed by atoms with Gasteiger partial charge in [-0.3, -0.25) is 9.71 Å². The van der Waals surface area contributed by atoms with E-state index in [1.54, 1.807) is 12.3 Å². The van der Waals surface area contributed by atoms with Gasteiger partial charge in [0.05, 0.1) is 29.7 Å². The monoisotopic (exact) mass is 609 g/mol. The molecule has 2 N–H and O–H groups in total. The zero-order valence-corrected chi connectivity index (χ0v) is 24.7. The second-order valence-corrected chi connectivity index (χ2v) is 12.6. The van der Waals surface area contributed by atoms with Gasteiger partial charge in [0.15, 0.2) is 5.11 Å². The fraction of sp³-hybridized carbons (Fsp3) is 0.214. The number of halogens is 1. The van der Waals surface area contributed by atoms with Gasteiger partial charge in [0, 0.05) is 33.4 Å². The summed E-state index contributed by atoms with van der Waals surface area (Å²) in [5.41, 5.74) is 7.54. The van der Waals surface area contributed by atoms with E-state index in [4.69, 9.17) is 12.2 Å². The molecule has 4 aromatic rings. The van der Waals surface area contributed by atoms with Crippen LogP contribution in [0.2, 0.25) is 0 Å². The van der Waals surface area contributed by atoms with E-state index >= 15 is 0 Å². The highest BCUT2D eigenvalue weighted by molar-refractivity contribution is 9.10. The maximum absolute atomic E-state index is 11.8. The summed E-state index contributed by atoms with van der Waals surface area (Å²) in [5, 5.41) is 4.10. The topological polar surface area (TPSA) is 79.3 Å². The summed E-state index contributed by atoms with van der Waals surface area (Å²) in [4.78, 5) is 6.77. The predicted molar refractivity (Wildman–Crippen MR) is 161 cm³/mol. The maximum atomic E-state index is 11.8. The van der Waals surface area contributed by atoms with E-state index in [0.717, 1.165) is 50.3 Å². The molecule has 1 saturated heterocycles. The van der Waals surface area contributed by atoms with E-state index in [0.29, 0.717) is 10.8 Å². The van der Waals surface area contributed by atoms with Crippen molar-refractivity contribution < 1.29 is 8.42 Å². The van der Waals surface area contributed by atoms with Crippen LogP contribution in [0.3, 0.4) is 0 Å². The quantitative estimate of drug-likeness (QED) is 0.257. The lowest BCUT2D eigenvalue weighted by Crippen LogP contribution is -2.29. The van der Waals surface area contributed by atoms with E-state index in [1.165, 1.54) is 0 Å². The Morgan fingerprint density at radius 1 is 1.00 bits per heavy atom. The highest BCUT2D eigenvalue weighted by atomic mass is 79.9. The number of aromatic nitrogens is 2. The Morgan fingerprint density at radius 2 is 1.71 bits per heavy atom. The molecule has 0 spiro atoms. The van der Waals surface area contributed by atoms with Crippen LogP contribution in [0.4, 0.5) is 11.4 Å². The Kier molecular flexibility index (Phi) is 7.06. The summed E-state index contributed by atoms with van der Waals surface area (Å²) in [6, 6.07) is 21.7. The van der Waals surface area contributed by atoms with Crippen LogP contribution in [0, 0.1) is 20.8 Å². The van der Waals surface area contributed by atoms with Gasteiger partial charge < -0.3 is 14.8 Å². The van der Waals surface area contributed by atoms with Crippen molar-refractivity contribution in [2.45, 2.75) is 32.9 Å². The molecule has 5 rings (SSSR count). The number of benzene rings is 2. The van der Waals surface area contributed by atoms with Crippen LogP contribution in [0.25, 0.3) is 5.69 Å². The standard InChI is InChI=1S/C28H28BrN5O2S2/c1-17-15-22(12-13-24(17)32-38(4,35)36)34-27(26(31-28(34)37)25-7-5-6-14-30-25)23-16-18(2)33(19(23)3)21-10-8-20(29)9-11-21/h5-16,26-27,32H,1-4H3,(H,31,37)/t26-,27+/m1/s1. The minimum absolute atomic E-state index is 0.180.